The van der Waals surface area contributed by atoms with Gasteiger partial charge in [-0.3, -0.25) is 4.57 Å². The molecule has 1 aliphatic rings. The number of ether oxygens (including phenoxy) is 2. The molecule has 7 nitrogen and oxygen atoms in total. The van der Waals surface area contributed by atoms with Crippen LogP contribution in [0.5, 0.6) is 0 Å². The fourth-order valence-corrected chi connectivity index (χ4v) is 3.70. The molecule has 0 N–H and O–H groups in total. The summed E-state index contributed by atoms with van der Waals surface area (Å²) in [4.78, 5) is 29.1. The molecule has 1 aliphatic heterocycles. The van der Waals surface area contributed by atoms with Crippen LogP contribution in [-0.2, 0) is 9.47 Å². The Morgan fingerprint density at radius 3 is 2.03 bits per heavy atom. The Bertz CT molecular complexity index is 948. The molecule has 1 saturated heterocycles. The Balaban J connectivity index is 1.83. The summed E-state index contributed by atoms with van der Waals surface area (Å²) in [6.45, 7) is 13.6. The van der Waals surface area contributed by atoms with Gasteiger partial charge >= 0.3 is 12.2 Å². The standard InChI is InChI=1S/C22H30BrN3O4/c1-21(2,3)29-19(27)25-11-9-24(10-12-25)18-14-26(20(28)30-22(4,5)6)17-13-15(23)7-8-16(17)18/h7-8,13-14H,9-12H2,1-6H3. The fourth-order valence-electron chi connectivity index (χ4n) is 3.35. The average molecular weight is 480 g/mol. The smallest absolute Gasteiger partial charge is 0.419 e. The molecule has 0 radical (unpaired) electrons. The highest BCUT2D eigenvalue weighted by Gasteiger charge is 2.28. The van der Waals surface area contributed by atoms with E-state index in [-0.39, 0.29) is 6.09 Å². The first kappa shape index (κ1) is 22.5. The average Bonchev–Trinajstić information content (AvgIpc) is 2.97. The van der Waals surface area contributed by atoms with E-state index < -0.39 is 17.3 Å². The predicted molar refractivity (Wildman–Crippen MR) is 121 cm³/mol. The molecule has 8 heteroatoms. The second-order valence-corrected chi connectivity index (χ2v) is 10.4. The van der Waals surface area contributed by atoms with Crippen molar-refractivity contribution in [1.29, 1.82) is 0 Å². The van der Waals surface area contributed by atoms with Crippen LogP contribution < -0.4 is 4.90 Å². The van der Waals surface area contributed by atoms with Crippen LogP contribution in [0, 0.1) is 0 Å². The normalized spacial score (nSPS) is 15.4. The first-order valence-electron chi connectivity index (χ1n) is 10.1. The van der Waals surface area contributed by atoms with Gasteiger partial charge in [-0.1, -0.05) is 15.9 Å². The molecule has 1 fully saturated rings. The van der Waals surface area contributed by atoms with Crippen molar-refractivity contribution < 1.29 is 19.1 Å². The number of hydrogen-bond donors (Lipinski definition) is 0. The molecule has 164 valence electrons. The molecule has 0 spiro atoms. The van der Waals surface area contributed by atoms with Crippen molar-refractivity contribution in [3.8, 4) is 0 Å². The quantitative estimate of drug-likeness (QED) is 0.559. The number of anilines is 1. The minimum absolute atomic E-state index is 0.290. The third-order valence-electron chi connectivity index (χ3n) is 4.61. The van der Waals surface area contributed by atoms with E-state index in [0.29, 0.717) is 26.2 Å². The Hall–Kier alpha value is -2.22. The molecule has 2 heterocycles. The molecule has 1 amide bonds. The predicted octanol–water partition coefficient (Wildman–Crippen LogP) is 5.24. The maximum absolute atomic E-state index is 12.8. The van der Waals surface area contributed by atoms with Gasteiger partial charge in [-0.15, -0.1) is 0 Å². The molecule has 0 aliphatic carbocycles. The summed E-state index contributed by atoms with van der Waals surface area (Å²) in [5, 5.41) is 0.967. The van der Waals surface area contributed by atoms with Crippen LogP contribution in [0.1, 0.15) is 41.5 Å². The monoisotopic (exact) mass is 479 g/mol. The number of carbonyl (C=O) groups is 2. The van der Waals surface area contributed by atoms with Gasteiger partial charge in [0.15, 0.2) is 0 Å². The van der Waals surface area contributed by atoms with Crippen LogP contribution in [0.3, 0.4) is 0 Å². The summed E-state index contributed by atoms with van der Waals surface area (Å²) in [7, 11) is 0. The van der Waals surface area contributed by atoms with Gasteiger partial charge in [0.25, 0.3) is 0 Å². The van der Waals surface area contributed by atoms with Crippen LogP contribution in [-0.4, -0.2) is 59.0 Å². The van der Waals surface area contributed by atoms with Crippen molar-refractivity contribution in [2.24, 2.45) is 0 Å². The molecule has 30 heavy (non-hydrogen) atoms. The van der Waals surface area contributed by atoms with Crippen LogP contribution >= 0.6 is 15.9 Å². The van der Waals surface area contributed by atoms with E-state index in [1.54, 1.807) is 9.47 Å². The zero-order valence-electron chi connectivity index (χ0n) is 18.5. The van der Waals surface area contributed by atoms with Crippen LogP contribution in [0.25, 0.3) is 10.9 Å². The number of carbonyl (C=O) groups excluding carboxylic acids is 2. The maximum Gasteiger partial charge on any atom is 0.419 e. The summed E-state index contributed by atoms with van der Waals surface area (Å²) in [5.74, 6) is 0. The number of hydrogen-bond acceptors (Lipinski definition) is 5. The van der Waals surface area contributed by atoms with Crippen LogP contribution in [0.2, 0.25) is 0 Å². The van der Waals surface area contributed by atoms with Gasteiger partial charge in [0.1, 0.15) is 11.2 Å². The zero-order valence-corrected chi connectivity index (χ0v) is 20.1. The third kappa shape index (κ3) is 5.28. The topological polar surface area (TPSA) is 64.0 Å². The number of nitrogens with zero attached hydrogens (tertiary/aromatic N) is 3. The van der Waals surface area contributed by atoms with Crippen LogP contribution in [0.15, 0.2) is 28.9 Å². The van der Waals surface area contributed by atoms with Gasteiger partial charge in [-0.2, -0.15) is 0 Å². The molecule has 0 unspecified atom stereocenters. The molecule has 0 saturated carbocycles. The number of fused-ring (bicyclic) bond motifs is 1. The first-order chi connectivity index (χ1) is 13.8. The van der Waals surface area contributed by atoms with Gasteiger partial charge in [-0.05, 0) is 59.7 Å². The van der Waals surface area contributed by atoms with E-state index in [2.05, 4.69) is 20.8 Å². The lowest BCUT2D eigenvalue weighted by Crippen LogP contribution is -2.50. The molecule has 1 aromatic heterocycles. The van der Waals surface area contributed by atoms with E-state index in [1.807, 2.05) is 65.9 Å². The van der Waals surface area contributed by atoms with Crippen LogP contribution in [0.4, 0.5) is 15.3 Å². The van der Waals surface area contributed by atoms with Crippen molar-refractivity contribution in [2.75, 3.05) is 31.1 Å². The molecule has 3 rings (SSSR count). The Labute approximate surface area is 186 Å². The largest absolute Gasteiger partial charge is 0.444 e. The fraction of sp³-hybridized carbons (Fsp3) is 0.545. The molecule has 0 atom stereocenters. The Kier molecular flexibility index (Phi) is 6.09. The van der Waals surface area contributed by atoms with Crippen molar-refractivity contribution in [1.82, 2.24) is 9.47 Å². The van der Waals surface area contributed by atoms with E-state index >= 15 is 0 Å². The lowest BCUT2D eigenvalue weighted by molar-refractivity contribution is 0.0240. The maximum atomic E-state index is 12.8. The second-order valence-electron chi connectivity index (χ2n) is 9.48. The van der Waals surface area contributed by atoms with E-state index in [0.717, 1.165) is 21.1 Å². The van der Waals surface area contributed by atoms with Crippen molar-refractivity contribution in [3.05, 3.63) is 28.9 Å². The lowest BCUT2D eigenvalue weighted by atomic mass is 10.2. The van der Waals surface area contributed by atoms with Crippen molar-refractivity contribution >= 4 is 44.7 Å². The summed E-state index contributed by atoms with van der Waals surface area (Å²) < 4.78 is 13.5. The third-order valence-corrected chi connectivity index (χ3v) is 5.10. The lowest BCUT2D eigenvalue weighted by Gasteiger charge is -2.36. The Morgan fingerprint density at radius 2 is 1.47 bits per heavy atom. The van der Waals surface area contributed by atoms with Gasteiger partial charge < -0.3 is 19.3 Å². The summed E-state index contributed by atoms with van der Waals surface area (Å²) in [6, 6.07) is 5.87. The number of rotatable bonds is 1. The first-order valence-corrected chi connectivity index (χ1v) is 10.9. The summed E-state index contributed by atoms with van der Waals surface area (Å²) >= 11 is 3.49. The summed E-state index contributed by atoms with van der Waals surface area (Å²) in [6.07, 6.45) is 1.13. The minimum Gasteiger partial charge on any atom is -0.444 e. The Morgan fingerprint density at radius 1 is 0.900 bits per heavy atom. The number of benzene rings is 1. The van der Waals surface area contributed by atoms with Gasteiger partial charge in [-0.25, -0.2) is 9.59 Å². The molecule has 2 aromatic rings. The highest BCUT2D eigenvalue weighted by molar-refractivity contribution is 9.10. The van der Waals surface area contributed by atoms with Crippen molar-refractivity contribution in [2.45, 2.75) is 52.7 Å². The highest BCUT2D eigenvalue weighted by Crippen LogP contribution is 2.32. The molecular formula is C22H30BrN3O4. The van der Waals surface area contributed by atoms with Gasteiger partial charge in [0, 0.05) is 42.2 Å². The highest BCUT2D eigenvalue weighted by atomic mass is 79.9. The zero-order chi connectivity index (χ0) is 22.3. The number of amides is 1. The summed E-state index contributed by atoms with van der Waals surface area (Å²) in [5.41, 5.74) is 0.636. The number of halogens is 1. The number of aromatic nitrogens is 1. The second kappa shape index (κ2) is 8.13. The number of piperazine rings is 1. The van der Waals surface area contributed by atoms with E-state index in [1.165, 1.54) is 0 Å². The van der Waals surface area contributed by atoms with E-state index in [4.69, 9.17) is 9.47 Å². The minimum atomic E-state index is -0.584. The van der Waals surface area contributed by atoms with Gasteiger partial charge in [0.05, 0.1) is 11.2 Å². The van der Waals surface area contributed by atoms with Gasteiger partial charge in [0.2, 0.25) is 0 Å². The molecular weight excluding hydrogens is 450 g/mol. The SMILES string of the molecule is CC(C)(C)OC(=O)N1CCN(c2cn(C(=O)OC(C)(C)C)c3cc(Br)ccc23)CC1. The van der Waals surface area contributed by atoms with E-state index in [9.17, 15) is 9.59 Å². The molecule has 1 aromatic carbocycles. The van der Waals surface area contributed by atoms with Crippen molar-refractivity contribution in [3.63, 3.8) is 0 Å². The molecule has 0 bridgehead atoms.